The van der Waals surface area contributed by atoms with Gasteiger partial charge in [-0.25, -0.2) is 9.78 Å². The van der Waals surface area contributed by atoms with Gasteiger partial charge < -0.3 is 4.74 Å². The normalized spacial score (nSPS) is 10.7. The van der Waals surface area contributed by atoms with Crippen LogP contribution in [0.15, 0.2) is 46.1 Å². The maximum Gasteiger partial charge on any atom is 0.338 e. The van der Waals surface area contributed by atoms with E-state index < -0.39 is 5.97 Å². The summed E-state index contributed by atoms with van der Waals surface area (Å²) in [7, 11) is 0. The minimum atomic E-state index is -0.507. The van der Waals surface area contributed by atoms with Crippen molar-refractivity contribution in [1.82, 2.24) is 4.98 Å². The summed E-state index contributed by atoms with van der Waals surface area (Å²) in [5.74, 6) is -0.167. The van der Waals surface area contributed by atoms with Gasteiger partial charge in [-0.3, -0.25) is 4.79 Å². The summed E-state index contributed by atoms with van der Waals surface area (Å²) >= 11 is 10.1. The number of halogens is 1. The average molecular weight is 424 g/mol. The van der Waals surface area contributed by atoms with Crippen LogP contribution in [0.1, 0.15) is 31.3 Å². The number of benzene rings is 1. The number of thiophene rings is 1. The number of carbonyl (C=O) groups excluding carboxylic acids is 2. The van der Waals surface area contributed by atoms with Crippen LogP contribution in [0.25, 0.3) is 0 Å². The van der Waals surface area contributed by atoms with Crippen LogP contribution in [-0.4, -0.2) is 23.3 Å². The van der Waals surface area contributed by atoms with Crippen molar-refractivity contribution in [1.29, 1.82) is 0 Å². The number of nitrogens with zero attached hydrogens (tertiary/aromatic N) is 1. The summed E-state index contributed by atoms with van der Waals surface area (Å²) in [6.07, 6.45) is 0. The van der Waals surface area contributed by atoms with Gasteiger partial charge in [0.05, 0.1) is 14.8 Å². The van der Waals surface area contributed by atoms with E-state index in [0.29, 0.717) is 20.5 Å². The molecule has 0 unspecified atom stereocenters. The summed E-state index contributed by atoms with van der Waals surface area (Å²) in [5, 5.41) is 1.99. The SMILES string of the molecule is Cc1csc(SCc2ccccc2C(=O)OCC(=O)c2ccc(Cl)s2)n1. The number of hydrogen-bond donors (Lipinski definition) is 0. The molecule has 0 atom stereocenters. The molecule has 4 nitrogen and oxygen atoms in total. The maximum absolute atomic E-state index is 12.4. The number of thiazole rings is 1. The first kappa shape index (κ1) is 19.1. The first-order valence-corrected chi connectivity index (χ1v) is 10.7. The maximum atomic E-state index is 12.4. The van der Waals surface area contributed by atoms with Crippen molar-refractivity contribution in [2.45, 2.75) is 17.0 Å². The lowest BCUT2D eigenvalue weighted by Gasteiger charge is -2.08. The third-order valence-corrected chi connectivity index (χ3v) is 6.83. The Morgan fingerprint density at radius 2 is 2.04 bits per heavy atom. The predicted molar refractivity (Wildman–Crippen MR) is 107 cm³/mol. The van der Waals surface area contributed by atoms with E-state index in [4.69, 9.17) is 16.3 Å². The molecule has 0 aliphatic carbocycles. The van der Waals surface area contributed by atoms with Gasteiger partial charge in [-0.15, -0.1) is 22.7 Å². The van der Waals surface area contributed by atoms with Gasteiger partial charge in [0.25, 0.3) is 0 Å². The quantitative estimate of drug-likeness (QED) is 0.285. The smallest absolute Gasteiger partial charge is 0.338 e. The fraction of sp³-hybridized carbons (Fsp3) is 0.167. The lowest BCUT2D eigenvalue weighted by molar-refractivity contribution is 0.0475. The van der Waals surface area contributed by atoms with Crippen molar-refractivity contribution >= 4 is 57.8 Å². The molecule has 0 saturated carbocycles. The van der Waals surface area contributed by atoms with E-state index in [9.17, 15) is 9.59 Å². The van der Waals surface area contributed by atoms with E-state index in [1.807, 2.05) is 24.4 Å². The van der Waals surface area contributed by atoms with E-state index in [-0.39, 0.29) is 12.4 Å². The molecule has 1 aromatic carbocycles. The largest absolute Gasteiger partial charge is 0.454 e. The molecule has 3 rings (SSSR count). The Hall–Kier alpha value is -1.67. The number of carbonyl (C=O) groups is 2. The van der Waals surface area contributed by atoms with Gasteiger partial charge in [0, 0.05) is 16.8 Å². The summed E-state index contributed by atoms with van der Waals surface area (Å²) in [5.41, 5.74) is 2.30. The summed E-state index contributed by atoms with van der Waals surface area (Å²) < 4.78 is 6.68. The van der Waals surface area contributed by atoms with Crippen molar-refractivity contribution in [2.24, 2.45) is 0 Å². The number of ether oxygens (including phenoxy) is 1. The van der Waals surface area contributed by atoms with Crippen molar-refractivity contribution in [3.8, 4) is 0 Å². The van der Waals surface area contributed by atoms with Gasteiger partial charge in [0.2, 0.25) is 5.78 Å². The van der Waals surface area contributed by atoms with Gasteiger partial charge in [0.15, 0.2) is 6.61 Å². The Balaban J connectivity index is 1.62. The molecule has 26 heavy (non-hydrogen) atoms. The van der Waals surface area contributed by atoms with Crippen molar-refractivity contribution < 1.29 is 14.3 Å². The minimum Gasteiger partial charge on any atom is -0.454 e. The second-order valence-corrected chi connectivity index (χ2v) is 9.10. The van der Waals surface area contributed by atoms with Crippen molar-refractivity contribution in [3.63, 3.8) is 0 Å². The highest BCUT2D eigenvalue weighted by Gasteiger charge is 2.16. The van der Waals surface area contributed by atoms with Gasteiger partial charge >= 0.3 is 5.97 Å². The van der Waals surface area contributed by atoms with Crippen LogP contribution in [0.5, 0.6) is 0 Å². The van der Waals surface area contributed by atoms with E-state index in [0.717, 1.165) is 15.6 Å². The zero-order valence-corrected chi connectivity index (χ0v) is 16.9. The number of rotatable bonds is 7. The van der Waals surface area contributed by atoms with Crippen LogP contribution >= 0.6 is 46.0 Å². The Labute approximate surface area is 168 Å². The molecule has 0 spiro atoms. The van der Waals surface area contributed by atoms with Gasteiger partial charge in [-0.05, 0) is 30.7 Å². The molecule has 0 amide bonds. The highest BCUT2D eigenvalue weighted by atomic mass is 35.5. The molecular formula is C18H14ClNO3S3. The summed E-state index contributed by atoms with van der Waals surface area (Å²) in [6.45, 7) is 1.65. The highest BCUT2D eigenvalue weighted by molar-refractivity contribution is 8.00. The van der Waals surface area contributed by atoms with Crippen LogP contribution in [0.2, 0.25) is 4.34 Å². The Morgan fingerprint density at radius 3 is 2.73 bits per heavy atom. The molecule has 0 bridgehead atoms. The Bertz CT molecular complexity index is 935. The highest BCUT2D eigenvalue weighted by Crippen LogP contribution is 2.27. The zero-order chi connectivity index (χ0) is 18.5. The molecule has 2 heterocycles. The van der Waals surface area contributed by atoms with E-state index in [2.05, 4.69) is 4.98 Å². The van der Waals surface area contributed by atoms with E-state index in [1.165, 1.54) is 11.3 Å². The molecule has 2 aromatic heterocycles. The third kappa shape index (κ3) is 4.94. The topological polar surface area (TPSA) is 56.3 Å². The lowest BCUT2D eigenvalue weighted by Crippen LogP contribution is -2.14. The van der Waals surface area contributed by atoms with Gasteiger partial charge in [-0.1, -0.05) is 41.6 Å². The third-order valence-electron chi connectivity index (χ3n) is 3.37. The first-order valence-electron chi connectivity index (χ1n) is 7.61. The number of aryl methyl sites for hydroxylation is 1. The number of esters is 1. The predicted octanol–water partition coefficient (Wildman–Crippen LogP) is 5.50. The number of hydrogen-bond acceptors (Lipinski definition) is 7. The Kier molecular flexibility index (Phi) is 6.48. The second kappa shape index (κ2) is 8.81. The number of aromatic nitrogens is 1. The van der Waals surface area contributed by atoms with Crippen molar-refractivity contribution in [3.05, 3.63) is 67.8 Å². The molecule has 0 fully saturated rings. The van der Waals surface area contributed by atoms with Crippen LogP contribution in [-0.2, 0) is 10.5 Å². The van der Waals surface area contributed by atoms with Crippen molar-refractivity contribution in [2.75, 3.05) is 6.61 Å². The number of ketones is 1. The van der Waals surface area contributed by atoms with Crippen LogP contribution in [0, 0.1) is 6.92 Å². The standard InChI is InChI=1S/C18H14ClNO3S3/c1-11-9-24-18(20-11)25-10-12-4-2-3-5-13(12)17(22)23-8-14(21)15-6-7-16(19)26-15/h2-7,9H,8,10H2,1H3. The molecule has 0 radical (unpaired) electrons. The van der Waals surface area contributed by atoms with Crippen LogP contribution in [0.3, 0.4) is 0 Å². The summed E-state index contributed by atoms with van der Waals surface area (Å²) in [4.78, 5) is 29.3. The second-order valence-electron chi connectivity index (χ2n) is 5.30. The molecule has 134 valence electrons. The van der Waals surface area contributed by atoms with E-state index in [1.54, 1.807) is 47.4 Å². The van der Waals surface area contributed by atoms with Crippen LogP contribution < -0.4 is 0 Å². The molecule has 3 aromatic rings. The van der Waals surface area contributed by atoms with Gasteiger partial charge in [-0.2, -0.15) is 0 Å². The first-order chi connectivity index (χ1) is 12.5. The molecule has 0 saturated heterocycles. The fourth-order valence-electron chi connectivity index (χ4n) is 2.13. The fourth-order valence-corrected chi connectivity index (χ4v) is 4.95. The molecule has 0 aliphatic rings. The van der Waals surface area contributed by atoms with Crippen LogP contribution in [0.4, 0.5) is 0 Å². The van der Waals surface area contributed by atoms with E-state index >= 15 is 0 Å². The molecular weight excluding hydrogens is 410 g/mol. The lowest BCUT2D eigenvalue weighted by atomic mass is 10.1. The molecule has 0 N–H and O–H groups in total. The average Bonchev–Trinajstić information content (AvgIpc) is 3.26. The number of Topliss-reactive ketones (excluding diaryl/α,β-unsaturated/α-hetero) is 1. The van der Waals surface area contributed by atoms with Gasteiger partial charge in [0.1, 0.15) is 4.34 Å². The minimum absolute atomic E-state index is 0.264. The zero-order valence-electron chi connectivity index (χ0n) is 13.7. The monoisotopic (exact) mass is 423 g/mol. The number of thioether (sulfide) groups is 1. The Morgan fingerprint density at radius 1 is 1.23 bits per heavy atom. The summed E-state index contributed by atoms with van der Waals surface area (Å²) in [6, 6.07) is 10.5. The molecule has 0 aliphatic heterocycles. The molecule has 8 heteroatoms.